The Balaban J connectivity index is 1.95. The quantitative estimate of drug-likeness (QED) is 0.754. The predicted octanol–water partition coefficient (Wildman–Crippen LogP) is 2.75. The molecule has 0 aliphatic heterocycles. The lowest BCUT2D eigenvalue weighted by Crippen LogP contribution is -2.40. The molecule has 0 amide bonds. The van der Waals surface area contributed by atoms with E-state index in [9.17, 15) is 4.79 Å². The highest BCUT2D eigenvalue weighted by atomic mass is 16.5. The number of carbonyl (C=O) groups is 1. The van der Waals surface area contributed by atoms with Crippen LogP contribution >= 0.6 is 0 Å². The lowest BCUT2D eigenvalue weighted by molar-refractivity contribution is -0.136. The summed E-state index contributed by atoms with van der Waals surface area (Å²) in [5.74, 6) is 0.567. The van der Waals surface area contributed by atoms with Crippen LogP contribution < -0.4 is 0 Å². The molecule has 0 aromatic rings. The Hall–Kier alpha value is -1.38. The molecule has 0 bridgehead atoms. The van der Waals surface area contributed by atoms with Gasteiger partial charge in [-0.15, -0.1) is 0 Å². The number of nitrogens with zero attached hydrogens (tertiary/aromatic N) is 1. The zero-order chi connectivity index (χ0) is 15.9. The van der Waals surface area contributed by atoms with E-state index in [0.29, 0.717) is 17.8 Å². The van der Waals surface area contributed by atoms with Crippen molar-refractivity contribution < 1.29 is 19.0 Å². The van der Waals surface area contributed by atoms with E-state index in [1.807, 2.05) is 0 Å². The molecule has 0 radical (unpaired) electrons. The first-order valence-electron chi connectivity index (χ1n) is 8.02. The second-order valence-electron chi connectivity index (χ2n) is 6.03. The number of hydrogen-bond acceptors (Lipinski definition) is 5. The summed E-state index contributed by atoms with van der Waals surface area (Å²) in [7, 11) is 3.33. The van der Waals surface area contributed by atoms with Crippen LogP contribution in [0.2, 0.25) is 0 Å². The number of Topliss-reactive ketones (excluding diaryl/α,β-unsaturated/α-hetero) is 1. The summed E-state index contributed by atoms with van der Waals surface area (Å²) in [5.41, 5.74) is 0.695. The topological polar surface area (TPSA) is 68.6 Å². The first-order valence-corrected chi connectivity index (χ1v) is 8.02. The minimum absolute atomic E-state index is 0.0292. The van der Waals surface area contributed by atoms with Crippen molar-refractivity contribution in [2.75, 3.05) is 20.8 Å². The molecule has 122 valence electrons. The minimum atomic E-state index is -0.182. The molecule has 22 heavy (non-hydrogen) atoms. The molecule has 5 nitrogen and oxygen atoms in total. The SMILES string of the molecule is COC1CCC(OC)C(C(=O)COC2=C(C#N)CCCC2)C1. The van der Waals surface area contributed by atoms with Gasteiger partial charge >= 0.3 is 0 Å². The van der Waals surface area contributed by atoms with Crippen molar-refractivity contribution in [1.29, 1.82) is 5.26 Å². The van der Waals surface area contributed by atoms with Gasteiger partial charge in [0.1, 0.15) is 12.4 Å². The number of ketones is 1. The Morgan fingerprint density at radius 2 is 2.00 bits per heavy atom. The molecule has 5 heteroatoms. The van der Waals surface area contributed by atoms with E-state index in [0.717, 1.165) is 38.5 Å². The second kappa shape index (κ2) is 8.30. The fourth-order valence-corrected chi connectivity index (χ4v) is 3.36. The molecular formula is C17H25NO4. The van der Waals surface area contributed by atoms with E-state index in [2.05, 4.69) is 6.07 Å². The Bertz CT molecular complexity index is 466. The highest BCUT2D eigenvalue weighted by Gasteiger charge is 2.35. The number of nitriles is 1. The van der Waals surface area contributed by atoms with E-state index in [1.54, 1.807) is 14.2 Å². The average molecular weight is 307 g/mol. The molecule has 0 saturated heterocycles. The Morgan fingerprint density at radius 3 is 2.68 bits per heavy atom. The molecular weight excluding hydrogens is 282 g/mol. The van der Waals surface area contributed by atoms with Crippen LogP contribution in [0, 0.1) is 17.2 Å². The minimum Gasteiger partial charge on any atom is -0.489 e. The van der Waals surface area contributed by atoms with Crippen LogP contribution in [0.15, 0.2) is 11.3 Å². The van der Waals surface area contributed by atoms with Gasteiger partial charge < -0.3 is 14.2 Å². The maximum absolute atomic E-state index is 12.5. The smallest absolute Gasteiger partial charge is 0.175 e. The largest absolute Gasteiger partial charge is 0.489 e. The van der Waals surface area contributed by atoms with Gasteiger partial charge in [0.05, 0.1) is 23.9 Å². The number of ether oxygens (including phenoxy) is 3. The normalized spacial score (nSPS) is 29.0. The van der Waals surface area contributed by atoms with Crippen LogP contribution in [0.25, 0.3) is 0 Å². The first-order chi connectivity index (χ1) is 10.7. The second-order valence-corrected chi connectivity index (χ2v) is 6.03. The monoisotopic (exact) mass is 307 g/mol. The number of rotatable bonds is 6. The number of hydrogen-bond donors (Lipinski definition) is 0. The van der Waals surface area contributed by atoms with Gasteiger partial charge in [-0.2, -0.15) is 5.26 Å². The molecule has 3 atom stereocenters. The van der Waals surface area contributed by atoms with Crippen LogP contribution in [0.4, 0.5) is 0 Å². The summed E-state index contributed by atoms with van der Waals surface area (Å²) in [6.45, 7) is 0.0292. The molecule has 0 heterocycles. The first kappa shape index (κ1) is 17.0. The summed E-state index contributed by atoms with van der Waals surface area (Å²) < 4.78 is 16.5. The maximum Gasteiger partial charge on any atom is 0.175 e. The fraction of sp³-hybridized carbons (Fsp3) is 0.765. The van der Waals surface area contributed by atoms with Crippen LogP contribution in [0.5, 0.6) is 0 Å². The van der Waals surface area contributed by atoms with Crippen LogP contribution in [0.1, 0.15) is 44.9 Å². The highest BCUT2D eigenvalue weighted by molar-refractivity contribution is 5.83. The summed E-state index contributed by atoms with van der Waals surface area (Å²) in [5, 5.41) is 9.11. The van der Waals surface area contributed by atoms with E-state index in [1.165, 1.54) is 0 Å². The van der Waals surface area contributed by atoms with E-state index in [-0.39, 0.29) is 30.5 Å². The molecule has 0 spiro atoms. The third kappa shape index (κ3) is 4.08. The van der Waals surface area contributed by atoms with E-state index < -0.39 is 0 Å². The van der Waals surface area contributed by atoms with Crippen molar-refractivity contribution >= 4 is 5.78 Å². The Labute approximate surface area is 132 Å². The summed E-state index contributed by atoms with van der Waals surface area (Å²) >= 11 is 0. The molecule has 0 aromatic carbocycles. The van der Waals surface area contributed by atoms with Crippen molar-refractivity contribution in [2.24, 2.45) is 5.92 Å². The zero-order valence-corrected chi connectivity index (χ0v) is 13.5. The van der Waals surface area contributed by atoms with Gasteiger partial charge in [-0.1, -0.05) is 0 Å². The summed E-state index contributed by atoms with van der Waals surface area (Å²) in [4.78, 5) is 12.5. The summed E-state index contributed by atoms with van der Waals surface area (Å²) in [6, 6.07) is 2.19. The maximum atomic E-state index is 12.5. The molecule has 2 aliphatic rings. The standard InChI is InChI=1S/C17H25NO4/c1-20-13-7-8-17(21-2)14(9-13)15(19)11-22-16-6-4-3-5-12(16)10-18/h13-14,17H,3-9,11H2,1-2H3. The molecule has 3 unspecified atom stereocenters. The number of methoxy groups -OCH3 is 2. The Kier molecular flexibility index (Phi) is 6.41. The molecule has 2 rings (SSSR count). The molecule has 0 N–H and O–H groups in total. The van der Waals surface area contributed by atoms with Crippen molar-refractivity contribution in [3.63, 3.8) is 0 Å². The van der Waals surface area contributed by atoms with Gasteiger partial charge in [0.2, 0.25) is 0 Å². The van der Waals surface area contributed by atoms with Crippen LogP contribution in [-0.2, 0) is 19.0 Å². The molecule has 0 aromatic heterocycles. The van der Waals surface area contributed by atoms with Gasteiger partial charge in [0.25, 0.3) is 0 Å². The highest BCUT2D eigenvalue weighted by Crippen LogP contribution is 2.30. The van der Waals surface area contributed by atoms with Crippen molar-refractivity contribution in [1.82, 2.24) is 0 Å². The Morgan fingerprint density at radius 1 is 1.23 bits per heavy atom. The number of allylic oxidation sites excluding steroid dienone is 2. The molecule has 1 fully saturated rings. The molecule has 2 aliphatic carbocycles. The number of carbonyl (C=O) groups excluding carboxylic acids is 1. The lowest BCUT2D eigenvalue weighted by Gasteiger charge is -2.33. The zero-order valence-electron chi connectivity index (χ0n) is 13.5. The van der Waals surface area contributed by atoms with E-state index in [4.69, 9.17) is 19.5 Å². The van der Waals surface area contributed by atoms with Crippen LogP contribution in [-0.4, -0.2) is 38.8 Å². The third-order valence-electron chi connectivity index (χ3n) is 4.73. The van der Waals surface area contributed by atoms with Crippen molar-refractivity contribution in [2.45, 2.75) is 57.2 Å². The average Bonchev–Trinajstić information content (AvgIpc) is 2.59. The third-order valence-corrected chi connectivity index (χ3v) is 4.73. The van der Waals surface area contributed by atoms with Crippen LogP contribution in [0.3, 0.4) is 0 Å². The van der Waals surface area contributed by atoms with Gasteiger partial charge in [0.15, 0.2) is 5.78 Å². The summed E-state index contributed by atoms with van der Waals surface area (Å²) in [6.07, 6.45) is 6.05. The van der Waals surface area contributed by atoms with Crippen molar-refractivity contribution in [3.8, 4) is 6.07 Å². The lowest BCUT2D eigenvalue weighted by atomic mass is 9.82. The predicted molar refractivity (Wildman–Crippen MR) is 81.0 cm³/mol. The van der Waals surface area contributed by atoms with Gasteiger partial charge in [-0.3, -0.25) is 4.79 Å². The van der Waals surface area contributed by atoms with Gasteiger partial charge in [-0.25, -0.2) is 0 Å². The van der Waals surface area contributed by atoms with Gasteiger partial charge in [0, 0.05) is 26.6 Å². The van der Waals surface area contributed by atoms with Gasteiger partial charge in [-0.05, 0) is 38.5 Å². The fourth-order valence-electron chi connectivity index (χ4n) is 3.36. The van der Waals surface area contributed by atoms with Crippen molar-refractivity contribution in [3.05, 3.63) is 11.3 Å². The molecule has 1 saturated carbocycles. The van der Waals surface area contributed by atoms with E-state index >= 15 is 0 Å².